The maximum Gasteiger partial charge on any atom is 0.345 e. The lowest BCUT2D eigenvalue weighted by Gasteiger charge is -2.08. The summed E-state index contributed by atoms with van der Waals surface area (Å²) in [5.41, 5.74) is -0.682. The number of sulfonamides is 1. The van der Waals surface area contributed by atoms with Gasteiger partial charge in [-0.15, -0.1) is 0 Å². The number of nitro groups is 1. The van der Waals surface area contributed by atoms with Crippen LogP contribution < -0.4 is 9.88 Å². The smallest absolute Gasteiger partial charge is 0.345 e. The van der Waals surface area contributed by atoms with Crippen molar-refractivity contribution < 1.29 is 27.6 Å². The van der Waals surface area contributed by atoms with Crippen LogP contribution in [-0.2, 0) is 14.8 Å². The highest BCUT2D eigenvalue weighted by Crippen LogP contribution is 2.23. The average Bonchev–Trinajstić information content (AvgIpc) is 2.57. The number of nitro benzene ring substituents is 1. The molecule has 0 aliphatic carbocycles. The Morgan fingerprint density at radius 3 is 2.38 bits per heavy atom. The molecule has 2 rings (SSSR count). The lowest BCUT2D eigenvalue weighted by molar-refractivity contribution is -0.385. The Hall–Kier alpha value is -2.69. The van der Waals surface area contributed by atoms with E-state index in [0.717, 1.165) is 12.1 Å². The number of nitrogens with two attached hydrogens (primary N) is 1. The van der Waals surface area contributed by atoms with E-state index >= 15 is 0 Å². The van der Waals surface area contributed by atoms with E-state index in [4.69, 9.17) is 26.2 Å². The maximum absolute atomic E-state index is 12.0. The largest absolute Gasteiger partial charge is 0.490 e. The predicted octanol–water partition coefficient (Wildman–Crippen LogP) is 2.13. The molecule has 11 heteroatoms. The van der Waals surface area contributed by atoms with Crippen molar-refractivity contribution in [3.63, 3.8) is 0 Å². The second kappa shape index (κ2) is 8.13. The highest BCUT2D eigenvalue weighted by molar-refractivity contribution is 7.89. The fourth-order valence-corrected chi connectivity index (χ4v) is 2.62. The summed E-state index contributed by atoms with van der Waals surface area (Å²) in [6, 6.07) is 8.88. The zero-order chi connectivity index (χ0) is 19.3. The van der Waals surface area contributed by atoms with Crippen molar-refractivity contribution in [1.82, 2.24) is 0 Å². The Labute approximate surface area is 153 Å². The van der Waals surface area contributed by atoms with E-state index in [1.165, 1.54) is 30.3 Å². The number of benzene rings is 2. The molecule has 138 valence electrons. The number of esters is 1. The fraction of sp³-hybridized carbons (Fsp3) is 0.133. The fourth-order valence-electron chi connectivity index (χ4n) is 1.93. The molecule has 9 nitrogen and oxygen atoms in total. The van der Waals surface area contributed by atoms with Crippen molar-refractivity contribution in [3.05, 3.63) is 63.2 Å². The van der Waals surface area contributed by atoms with Gasteiger partial charge in [0.2, 0.25) is 10.0 Å². The molecule has 0 bridgehead atoms. The summed E-state index contributed by atoms with van der Waals surface area (Å²) in [5.74, 6) is -0.574. The van der Waals surface area contributed by atoms with Gasteiger partial charge in [-0.2, -0.15) is 0 Å². The molecule has 26 heavy (non-hydrogen) atoms. The first-order valence-corrected chi connectivity index (χ1v) is 8.97. The van der Waals surface area contributed by atoms with Gasteiger partial charge in [0.25, 0.3) is 5.69 Å². The lowest BCUT2D eigenvalue weighted by atomic mass is 10.2. The topological polar surface area (TPSA) is 139 Å². The summed E-state index contributed by atoms with van der Waals surface area (Å²) >= 11 is 5.74. The van der Waals surface area contributed by atoms with Gasteiger partial charge < -0.3 is 9.47 Å². The summed E-state index contributed by atoms with van der Waals surface area (Å²) in [7, 11) is -3.79. The van der Waals surface area contributed by atoms with Crippen molar-refractivity contribution in [3.8, 4) is 5.75 Å². The van der Waals surface area contributed by atoms with E-state index in [1.807, 2.05) is 0 Å². The minimum absolute atomic E-state index is 0.0468. The molecular weight excluding hydrogens is 388 g/mol. The van der Waals surface area contributed by atoms with Gasteiger partial charge in [0.15, 0.2) is 0 Å². The third-order valence-corrected chi connectivity index (χ3v) is 4.28. The molecule has 0 aromatic heterocycles. The van der Waals surface area contributed by atoms with Crippen LogP contribution in [0.3, 0.4) is 0 Å². The summed E-state index contributed by atoms with van der Waals surface area (Å²) < 4.78 is 32.5. The van der Waals surface area contributed by atoms with E-state index in [9.17, 15) is 23.3 Å². The number of hydrogen-bond donors (Lipinski definition) is 1. The molecule has 0 aliphatic rings. The van der Waals surface area contributed by atoms with Gasteiger partial charge in [-0.3, -0.25) is 10.1 Å². The maximum atomic E-state index is 12.0. The van der Waals surface area contributed by atoms with Gasteiger partial charge in [-0.1, -0.05) is 11.6 Å². The third-order valence-electron chi connectivity index (χ3n) is 3.11. The zero-order valence-electron chi connectivity index (χ0n) is 13.1. The van der Waals surface area contributed by atoms with Crippen molar-refractivity contribution >= 4 is 33.3 Å². The van der Waals surface area contributed by atoms with Crippen LogP contribution in [0.4, 0.5) is 5.69 Å². The number of primary sulfonamides is 1. The third kappa shape index (κ3) is 5.15. The number of hydrogen-bond acceptors (Lipinski definition) is 7. The number of nitrogens with zero attached hydrogens (tertiary/aromatic N) is 1. The van der Waals surface area contributed by atoms with Crippen LogP contribution >= 0.6 is 11.6 Å². The van der Waals surface area contributed by atoms with Gasteiger partial charge in [0.1, 0.15) is 24.5 Å². The van der Waals surface area contributed by atoms with Gasteiger partial charge in [0, 0.05) is 11.1 Å². The molecule has 2 aromatic rings. The van der Waals surface area contributed by atoms with Crippen molar-refractivity contribution in [2.75, 3.05) is 13.2 Å². The minimum atomic E-state index is -3.79. The Morgan fingerprint density at radius 1 is 1.15 bits per heavy atom. The molecule has 0 spiro atoms. The summed E-state index contributed by atoms with van der Waals surface area (Å²) in [6.45, 7) is -0.228. The van der Waals surface area contributed by atoms with Crippen LogP contribution in [-0.4, -0.2) is 32.5 Å². The Morgan fingerprint density at radius 2 is 1.81 bits per heavy atom. The van der Waals surface area contributed by atoms with Crippen LogP contribution in [0.1, 0.15) is 10.4 Å². The van der Waals surface area contributed by atoms with Gasteiger partial charge in [-0.05, 0) is 36.4 Å². The second-order valence-corrected chi connectivity index (χ2v) is 6.92. The Bertz CT molecular complexity index is 930. The molecule has 2 N–H and O–H groups in total. The SMILES string of the molecule is NS(=O)(=O)c1ccc(OCCOC(=O)c2cc(Cl)ccc2[N+](=O)[O-])cc1. The number of halogens is 1. The number of rotatable bonds is 7. The van der Waals surface area contributed by atoms with Crippen molar-refractivity contribution in [2.45, 2.75) is 4.90 Å². The standard InChI is InChI=1S/C15H13ClN2O7S/c16-10-1-6-14(18(20)21)13(9-10)15(19)25-8-7-24-11-2-4-12(5-3-11)26(17,22)23/h1-6,9H,7-8H2,(H2,17,22,23). The quantitative estimate of drug-likeness (QED) is 0.325. The van der Waals surface area contributed by atoms with E-state index in [-0.39, 0.29) is 28.7 Å². The van der Waals surface area contributed by atoms with Crippen LogP contribution in [0.15, 0.2) is 47.4 Å². The number of carbonyl (C=O) groups excluding carboxylic acids is 1. The molecule has 0 unspecified atom stereocenters. The first kappa shape index (κ1) is 19.6. The Kier molecular flexibility index (Phi) is 6.14. The van der Waals surface area contributed by atoms with Gasteiger partial charge >= 0.3 is 5.97 Å². The molecule has 0 atom stereocenters. The minimum Gasteiger partial charge on any atom is -0.490 e. The van der Waals surface area contributed by atoms with Gasteiger partial charge in [0.05, 0.1) is 9.82 Å². The normalized spacial score (nSPS) is 11.0. The van der Waals surface area contributed by atoms with Crippen LogP contribution in [0.25, 0.3) is 0 Å². The molecule has 0 heterocycles. The number of ether oxygens (including phenoxy) is 2. The molecule has 0 fully saturated rings. The Balaban J connectivity index is 1.91. The van der Waals surface area contributed by atoms with Crippen molar-refractivity contribution in [2.24, 2.45) is 5.14 Å². The first-order valence-electron chi connectivity index (χ1n) is 7.05. The molecule has 0 saturated heterocycles. The van der Waals surface area contributed by atoms with Gasteiger partial charge in [-0.25, -0.2) is 18.4 Å². The molecule has 2 aromatic carbocycles. The molecular formula is C15H13ClN2O7S. The second-order valence-electron chi connectivity index (χ2n) is 4.92. The molecule has 0 aliphatic heterocycles. The summed E-state index contributed by atoms with van der Waals surface area (Å²) in [5, 5.41) is 16.1. The van der Waals surface area contributed by atoms with E-state index < -0.39 is 26.6 Å². The summed E-state index contributed by atoms with van der Waals surface area (Å²) in [6.07, 6.45) is 0. The van der Waals surface area contributed by atoms with E-state index in [0.29, 0.717) is 5.75 Å². The first-order chi connectivity index (χ1) is 12.2. The van der Waals surface area contributed by atoms with Crippen molar-refractivity contribution in [1.29, 1.82) is 0 Å². The van der Waals surface area contributed by atoms with Crippen LogP contribution in [0.5, 0.6) is 5.75 Å². The lowest BCUT2D eigenvalue weighted by Crippen LogP contribution is -2.14. The zero-order valence-corrected chi connectivity index (χ0v) is 14.7. The predicted molar refractivity (Wildman–Crippen MR) is 91.7 cm³/mol. The highest BCUT2D eigenvalue weighted by Gasteiger charge is 2.21. The average molecular weight is 401 g/mol. The highest BCUT2D eigenvalue weighted by atomic mass is 35.5. The molecule has 0 amide bonds. The summed E-state index contributed by atoms with van der Waals surface area (Å²) in [4.78, 5) is 22.1. The molecule has 0 radical (unpaired) electrons. The van der Waals surface area contributed by atoms with Crippen LogP contribution in [0, 0.1) is 10.1 Å². The monoisotopic (exact) mass is 400 g/mol. The van der Waals surface area contributed by atoms with E-state index in [2.05, 4.69) is 0 Å². The number of carbonyl (C=O) groups is 1. The van der Waals surface area contributed by atoms with E-state index in [1.54, 1.807) is 0 Å². The van der Waals surface area contributed by atoms with Crippen LogP contribution in [0.2, 0.25) is 5.02 Å². The molecule has 0 saturated carbocycles.